The molecule has 0 bridgehead atoms. The van der Waals surface area contributed by atoms with Gasteiger partial charge in [-0.15, -0.1) is 0 Å². The molecule has 2 aliphatic heterocycles. The summed E-state index contributed by atoms with van der Waals surface area (Å²) in [6.45, 7) is 3.95. The first-order valence-corrected chi connectivity index (χ1v) is 10.3. The van der Waals surface area contributed by atoms with Crippen LogP contribution >= 0.6 is 0 Å². The van der Waals surface area contributed by atoms with Gasteiger partial charge in [-0.25, -0.2) is 14.2 Å². The number of pyridine rings is 1. The Morgan fingerprint density at radius 2 is 2.23 bits per heavy atom. The Bertz CT molecular complexity index is 1050. The maximum absolute atomic E-state index is 14.8. The molecule has 31 heavy (non-hydrogen) atoms. The average molecular weight is 422 g/mol. The number of nitrogens with one attached hydrogen (secondary N) is 1. The first kappa shape index (κ1) is 20.9. The third-order valence-electron chi connectivity index (χ3n) is 6.06. The van der Waals surface area contributed by atoms with Crippen molar-refractivity contribution < 1.29 is 18.7 Å². The zero-order chi connectivity index (χ0) is 22.0. The first-order valence-electron chi connectivity index (χ1n) is 10.3. The van der Waals surface area contributed by atoms with E-state index in [1.54, 1.807) is 0 Å². The summed E-state index contributed by atoms with van der Waals surface area (Å²) in [5.74, 6) is -0.658. The van der Waals surface area contributed by atoms with Crippen molar-refractivity contribution in [1.82, 2.24) is 15.2 Å². The molecular formula is C23H23FN4O3. The number of aromatic nitrogens is 1. The van der Waals surface area contributed by atoms with Gasteiger partial charge in [0.2, 0.25) is 0 Å². The molecule has 1 amide bonds. The summed E-state index contributed by atoms with van der Waals surface area (Å²) in [5, 5.41) is 11.5. The van der Waals surface area contributed by atoms with Crippen molar-refractivity contribution in [1.29, 1.82) is 5.26 Å². The number of alkyl halides is 1. The van der Waals surface area contributed by atoms with E-state index in [1.165, 1.54) is 18.3 Å². The monoisotopic (exact) mass is 422 g/mol. The maximum atomic E-state index is 14.8. The molecule has 2 aliphatic rings. The van der Waals surface area contributed by atoms with Crippen LogP contribution in [0.5, 0.6) is 0 Å². The fraction of sp³-hybridized carbons (Fsp3) is 0.391. The lowest BCUT2D eigenvalue weighted by Crippen LogP contribution is -2.52. The number of nitrogens with zero attached hydrogens (tertiary/aromatic N) is 3. The number of likely N-dealkylation sites (tertiary alicyclic amines) is 1. The molecule has 0 aliphatic carbocycles. The Morgan fingerprint density at radius 3 is 2.94 bits per heavy atom. The van der Waals surface area contributed by atoms with E-state index in [0.717, 1.165) is 23.1 Å². The number of carbonyl (C=O) groups excluding carboxylic acids is 2. The lowest BCUT2D eigenvalue weighted by atomic mass is 9.96. The Labute approximate surface area is 179 Å². The van der Waals surface area contributed by atoms with Gasteiger partial charge in [0, 0.05) is 31.4 Å². The Morgan fingerprint density at radius 1 is 1.39 bits per heavy atom. The molecule has 0 spiro atoms. The van der Waals surface area contributed by atoms with E-state index in [9.17, 15) is 14.0 Å². The van der Waals surface area contributed by atoms with E-state index in [4.69, 9.17) is 10.00 Å². The number of halogens is 1. The van der Waals surface area contributed by atoms with Crippen LogP contribution in [0.3, 0.4) is 0 Å². The first-order chi connectivity index (χ1) is 15.0. The summed E-state index contributed by atoms with van der Waals surface area (Å²) in [5.41, 5.74) is 4.33. The fourth-order valence-electron chi connectivity index (χ4n) is 4.13. The largest absolute Gasteiger partial charge is 0.457 e. The van der Waals surface area contributed by atoms with E-state index >= 15 is 0 Å². The highest BCUT2D eigenvalue weighted by Crippen LogP contribution is 2.26. The summed E-state index contributed by atoms with van der Waals surface area (Å²) >= 11 is 0. The molecule has 3 heterocycles. The average Bonchev–Trinajstić information content (AvgIpc) is 3.16. The quantitative estimate of drug-likeness (QED) is 0.743. The molecule has 8 heteroatoms. The SMILES string of the molecule is Cc1c(CCN2CCC(NC(=O)c3ccc(C#N)nc3)C(F)C2)ccc2c1COC2=O. The van der Waals surface area contributed by atoms with E-state index in [1.807, 2.05) is 25.1 Å². The molecule has 7 nitrogen and oxygen atoms in total. The number of carbonyl (C=O) groups is 2. The van der Waals surface area contributed by atoms with Gasteiger partial charge in [-0.2, -0.15) is 5.26 Å². The molecule has 1 aromatic heterocycles. The summed E-state index contributed by atoms with van der Waals surface area (Å²) in [6, 6.07) is 8.09. The predicted molar refractivity (Wildman–Crippen MR) is 110 cm³/mol. The van der Waals surface area contributed by atoms with E-state index in [-0.39, 0.29) is 24.1 Å². The van der Waals surface area contributed by atoms with Crippen LogP contribution in [0.2, 0.25) is 0 Å². The lowest BCUT2D eigenvalue weighted by molar-refractivity contribution is 0.0534. The normalized spacial score (nSPS) is 20.6. The van der Waals surface area contributed by atoms with Crippen molar-refractivity contribution >= 4 is 11.9 Å². The third kappa shape index (κ3) is 4.42. The van der Waals surface area contributed by atoms with E-state index in [2.05, 4.69) is 15.2 Å². The highest BCUT2D eigenvalue weighted by molar-refractivity contribution is 5.94. The molecule has 4 rings (SSSR count). The number of hydrogen-bond donors (Lipinski definition) is 1. The number of cyclic esters (lactones) is 1. The van der Waals surface area contributed by atoms with Gasteiger partial charge in [0.25, 0.3) is 5.91 Å². The number of esters is 1. The minimum Gasteiger partial charge on any atom is -0.457 e. The molecule has 160 valence electrons. The number of ether oxygens (including phenoxy) is 1. The van der Waals surface area contributed by atoms with Crippen LogP contribution in [-0.4, -0.2) is 53.6 Å². The minimum atomic E-state index is -1.17. The molecule has 1 aromatic carbocycles. The second-order valence-corrected chi connectivity index (χ2v) is 7.93. The van der Waals surface area contributed by atoms with Crippen LogP contribution in [-0.2, 0) is 17.8 Å². The Kier molecular flexibility index (Phi) is 5.96. The number of benzene rings is 1. The van der Waals surface area contributed by atoms with Crippen molar-refractivity contribution in [3.8, 4) is 6.07 Å². The fourth-order valence-corrected chi connectivity index (χ4v) is 4.13. The van der Waals surface area contributed by atoms with E-state index < -0.39 is 12.2 Å². The van der Waals surface area contributed by atoms with E-state index in [0.29, 0.717) is 37.2 Å². The van der Waals surface area contributed by atoms with Gasteiger partial charge < -0.3 is 10.1 Å². The topological polar surface area (TPSA) is 95.3 Å². The maximum Gasteiger partial charge on any atom is 0.338 e. The molecule has 0 radical (unpaired) electrons. The number of piperidine rings is 1. The van der Waals surface area contributed by atoms with Gasteiger partial charge in [-0.3, -0.25) is 9.69 Å². The van der Waals surface area contributed by atoms with Crippen molar-refractivity contribution in [2.24, 2.45) is 0 Å². The number of amides is 1. The van der Waals surface area contributed by atoms with Gasteiger partial charge in [-0.05, 0) is 49.1 Å². The molecule has 2 unspecified atom stereocenters. The minimum absolute atomic E-state index is 0.228. The number of nitriles is 1. The molecule has 2 aromatic rings. The van der Waals surface area contributed by atoms with Crippen LogP contribution in [0.4, 0.5) is 4.39 Å². The lowest BCUT2D eigenvalue weighted by Gasteiger charge is -2.35. The van der Waals surface area contributed by atoms with Crippen LogP contribution in [0.15, 0.2) is 30.5 Å². The van der Waals surface area contributed by atoms with Gasteiger partial charge in [-0.1, -0.05) is 6.07 Å². The third-order valence-corrected chi connectivity index (χ3v) is 6.06. The zero-order valence-corrected chi connectivity index (χ0v) is 17.2. The highest BCUT2D eigenvalue weighted by Gasteiger charge is 2.31. The molecule has 0 saturated carbocycles. The van der Waals surface area contributed by atoms with Crippen molar-refractivity contribution in [3.05, 3.63) is 64.0 Å². The zero-order valence-electron chi connectivity index (χ0n) is 17.2. The van der Waals surface area contributed by atoms with Gasteiger partial charge >= 0.3 is 5.97 Å². The predicted octanol–water partition coefficient (Wildman–Crippen LogP) is 2.32. The van der Waals surface area contributed by atoms with Crippen molar-refractivity contribution in [2.75, 3.05) is 19.6 Å². The van der Waals surface area contributed by atoms with Crippen molar-refractivity contribution in [2.45, 2.75) is 38.6 Å². The van der Waals surface area contributed by atoms with Crippen LogP contribution in [0, 0.1) is 18.3 Å². The van der Waals surface area contributed by atoms with Gasteiger partial charge in [0.1, 0.15) is 24.5 Å². The molecule has 1 saturated heterocycles. The molecular weight excluding hydrogens is 399 g/mol. The molecule has 1 fully saturated rings. The second-order valence-electron chi connectivity index (χ2n) is 7.93. The summed E-state index contributed by atoms with van der Waals surface area (Å²) in [6.07, 6.45) is 1.43. The van der Waals surface area contributed by atoms with Gasteiger partial charge in [0.15, 0.2) is 0 Å². The summed E-state index contributed by atoms with van der Waals surface area (Å²) in [7, 11) is 0. The van der Waals surface area contributed by atoms with Crippen LogP contribution in [0.1, 0.15) is 49.5 Å². The standard InChI is InChI=1S/C23H23FN4O3/c1-14-15(3-5-18-19(14)13-31-23(18)30)6-8-28-9-7-21(20(24)12-28)27-22(29)16-2-4-17(10-25)26-11-16/h2-5,11,20-21H,6-9,12-13H2,1H3,(H,27,29). The smallest absolute Gasteiger partial charge is 0.338 e. The van der Waals surface area contributed by atoms with Crippen LogP contribution < -0.4 is 5.32 Å². The Balaban J connectivity index is 1.30. The second kappa shape index (κ2) is 8.82. The Hall–Kier alpha value is -3.31. The molecule has 1 N–H and O–H groups in total. The molecule has 2 atom stereocenters. The van der Waals surface area contributed by atoms with Crippen LogP contribution in [0.25, 0.3) is 0 Å². The summed E-state index contributed by atoms with van der Waals surface area (Å²) < 4.78 is 19.9. The van der Waals surface area contributed by atoms with Gasteiger partial charge in [0.05, 0.1) is 17.2 Å². The number of hydrogen-bond acceptors (Lipinski definition) is 6. The number of rotatable bonds is 5. The van der Waals surface area contributed by atoms with Crippen molar-refractivity contribution in [3.63, 3.8) is 0 Å². The highest BCUT2D eigenvalue weighted by atomic mass is 19.1. The summed E-state index contributed by atoms with van der Waals surface area (Å²) in [4.78, 5) is 30.0. The number of fused-ring (bicyclic) bond motifs is 1.